The molecular weight excluding hydrogens is 327 g/mol. The summed E-state index contributed by atoms with van der Waals surface area (Å²) in [5.74, 6) is 0. The summed E-state index contributed by atoms with van der Waals surface area (Å²) < 4.78 is 37.7. The van der Waals surface area contributed by atoms with Crippen molar-refractivity contribution in [2.24, 2.45) is 0 Å². The highest BCUT2D eigenvalue weighted by atomic mass is 79.9. The Kier molecular flexibility index (Phi) is 5.79. The van der Waals surface area contributed by atoms with Crippen LogP contribution in [0.1, 0.15) is 11.6 Å². The lowest BCUT2D eigenvalue weighted by Gasteiger charge is -2.29. The zero-order valence-electron chi connectivity index (χ0n) is 10.2. The average molecular weight is 342 g/mol. The third kappa shape index (κ3) is 4.76. The van der Waals surface area contributed by atoms with Crippen LogP contribution in [-0.2, 0) is 0 Å². The number of hydrogen-bond donors (Lipinski definition) is 2. The maximum atomic E-state index is 12.3. The van der Waals surface area contributed by atoms with Gasteiger partial charge in [-0.1, -0.05) is 28.1 Å². The van der Waals surface area contributed by atoms with Crippen LogP contribution in [0.25, 0.3) is 0 Å². The highest BCUT2D eigenvalue weighted by molar-refractivity contribution is 9.10. The highest BCUT2D eigenvalue weighted by Gasteiger charge is 2.39. The van der Waals surface area contributed by atoms with Crippen molar-refractivity contribution in [3.05, 3.63) is 34.3 Å². The highest BCUT2D eigenvalue weighted by Crippen LogP contribution is 2.25. The molecule has 3 nitrogen and oxygen atoms in total. The molecule has 0 radical (unpaired) electrons. The normalized spacial score (nSPS) is 15.6. The molecular formula is C12H15BrF3NO2. The third-order valence-electron chi connectivity index (χ3n) is 2.78. The lowest BCUT2D eigenvalue weighted by atomic mass is 10.1. The van der Waals surface area contributed by atoms with E-state index in [-0.39, 0.29) is 6.61 Å². The van der Waals surface area contributed by atoms with Gasteiger partial charge < -0.3 is 10.2 Å². The Hall–Kier alpha value is -0.630. The van der Waals surface area contributed by atoms with Crippen LogP contribution in [0.2, 0.25) is 0 Å². The summed E-state index contributed by atoms with van der Waals surface area (Å²) in [5, 5.41) is 18.4. The van der Waals surface area contributed by atoms with Gasteiger partial charge in [0.2, 0.25) is 0 Å². The SMILES string of the molecule is CN(C[C@@H](O)C(F)(F)F)[C@@H](CO)c1cccc(Br)c1. The molecule has 0 heterocycles. The standard InChI is InChI=1S/C12H15BrF3NO2/c1-17(6-11(19)12(14,15)16)10(7-18)8-3-2-4-9(13)5-8/h2-5,10-11,18-19H,6-7H2,1H3/t10-,11+/m0/s1. The van der Waals surface area contributed by atoms with E-state index in [1.54, 1.807) is 24.3 Å². The smallest absolute Gasteiger partial charge is 0.394 e. The summed E-state index contributed by atoms with van der Waals surface area (Å²) in [6.45, 7) is -0.932. The van der Waals surface area contributed by atoms with E-state index in [1.165, 1.54) is 11.9 Å². The van der Waals surface area contributed by atoms with Gasteiger partial charge in [-0.15, -0.1) is 0 Å². The Morgan fingerprint density at radius 3 is 2.47 bits per heavy atom. The Bertz CT molecular complexity index is 414. The Morgan fingerprint density at radius 1 is 1.37 bits per heavy atom. The van der Waals surface area contributed by atoms with Gasteiger partial charge in [0.15, 0.2) is 6.10 Å². The molecule has 2 atom stereocenters. The van der Waals surface area contributed by atoms with Crippen molar-refractivity contribution in [3.8, 4) is 0 Å². The molecule has 0 saturated carbocycles. The first-order valence-electron chi connectivity index (χ1n) is 5.57. The van der Waals surface area contributed by atoms with Gasteiger partial charge in [0.05, 0.1) is 12.6 Å². The number of aliphatic hydroxyl groups excluding tert-OH is 2. The van der Waals surface area contributed by atoms with Crippen LogP contribution in [0.4, 0.5) is 13.2 Å². The molecule has 0 aliphatic rings. The van der Waals surface area contributed by atoms with Crippen LogP contribution in [0.5, 0.6) is 0 Å². The molecule has 0 spiro atoms. The predicted molar refractivity (Wildman–Crippen MR) is 68.7 cm³/mol. The van der Waals surface area contributed by atoms with E-state index in [0.717, 1.165) is 4.47 Å². The number of likely N-dealkylation sites (N-methyl/N-ethyl adjacent to an activating group) is 1. The first-order chi connectivity index (χ1) is 8.75. The van der Waals surface area contributed by atoms with Crippen molar-refractivity contribution >= 4 is 15.9 Å². The minimum Gasteiger partial charge on any atom is -0.394 e. The minimum absolute atomic E-state index is 0.336. The quantitative estimate of drug-likeness (QED) is 0.863. The number of aliphatic hydroxyl groups is 2. The molecule has 1 aromatic carbocycles. The fourth-order valence-electron chi connectivity index (χ4n) is 1.72. The van der Waals surface area contributed by atoms with Crippen LogP contribution < -0.4 is 0 Å². The van der Waals surface area contributed by atoms with Gasteiger partial charge in [0.1, 0.15) is 0 Å². The minimum atomic E-state index is -4.66. The second-order valence-corrected chi connectivity index (χ2v) is 5.17. The maximum Gasteiger partial charge on any atom is 0.415 e. The van der Waals surface area contributed by atoms with Crippen LogP contribution in [0.3, 0.4) is 0 Å². The van der Waals surface area contributed by atoms with E-state index in [0.29, 0.717) is 5.56 Å². The molecule has 7 heteroatoms. The van der Waals surface area contributed by atoms with Crippen LogP contribution in [0.15, 0.2) is 28.7 Å². The number of hydrogen-bond acceptors (Lipinski definition) is 3. The summed E-state index contributed by atoms with van der Waals surface area (Å²) in [5.41, 5.74) is 0.675. The predicted octanol–water partition coefficient (Wildman–Crippen LogP) is 2.34. The van der Waals surface area contributed by atoms with E-state index in [9.17, 15) is 18.3 Å². The van der Waals surface area contributed by atoms with Crippen LogP contribution in [0, 0.1) is 0 Å². The molecule has 0 aromatic heterocycles. The molecule has 2 N–H and O–H groups in total. The summed E-state index contributed by atoms with van der Waals surface area (Å²) in [4.78, 5) is 1.28. The van der Waals surface area contributed by atoms with Crippen LogP contribution >= 0.6 is 15.9 Å². The zero-order chi connectivity index (χ0) is 14.6. The van der Waals surface area contributed by atoms with Crippen molar-refractivity contribution in [3.63, 3.8) is 0 Å². The van der Waals surface area contributed by atoms with Gasteiger partial charge in [-0.25, -0.2) is 0 Å². The van der Waals surface area contributed by atoms with Crippen molar-refractivity contribution < 1.29 is 23.4 Å². The number of rotatable bonds is 5. The van der Waals surface area contributed by atoms with Crippen molar-refractivity contribution in [2.75, 3.05) is 20.2 Å². The fourth-order valence-corrected chi connectivity index (χ4v) is 2.13. The Labute approximate surface area is 117 Å². The first-order valence-corrected chi connectivity index (χ1v) is 6.36. The monoisotopic (exact) mass is 341 g/mol. The summed E-state index contributed by atoms with van der Waals surface area (Å²) in [6.07, 6.45) is -7.09. The van der Waals surface area contributed by atoms with Gasteiger partial charge in [-0.05, 0) is 24.7 Å². The lowest BCUT2D eigenvalue weighted by molar-refractivity contribution is -0.209. The van der Waals surface area contributed by atoms with Crippen molar-refractivity contribution in [1.82, 2.24) is 4.90 Å². The number of nitrogens with zero attached hydrogens (tertiary/aromatic N) is 1. The van der Waals surface area contributed by atoms with Gasteiger partial charge in [-0.3, -0.25) is 4.90 Å². The molecule has 1 rings (SSSR count). The summed E-state index contributed by atoms with van der Waals surface area (Å²) in [6, 6.07) is 6.34. The Balaban J connectivity index is 2.80. The summed E-state index contributed by atoms with van der Waals surface area (Å²) in [7, 11) is 1.43. The number of halogens is 4. The van der Waals surface area contributed by atoms with E-state index < -0.39 is 24.9 Å². The zero-order valence-corrected chi connectivity index (χ0v) is 11.8. The van der Waals surface area contributed by atoms with E-state index in [4.69, 9.17) is 5.11 Å². The third-order valence-corrected chi connectivity index (χ3v) is 3.27. The van der Waals surface area contributed by atoms with Crippen molar-refractivity contribution in [2.45, 2.75) is 18.3 Å². The molecule has 0 amide bonds. The fraction of sp³-hybridized carbons (Fsp3) is 0.500. The molecule has 19 heavy (non-hydrogen) atoms. The largest absolute Gasteiger partial charge is 0.415 e. The molecule has 0 unspecified atom stereocenters. The maximum absolute atomic E-state index is 12.3. The van der Waals surface area contributed by atoms with Gasteiger partial charge in [-0.2, -0.15) is 13.2 Å². The molecule has 0 bridgehead atoms. The molecule has 1 aromatic rings. The number of alkyl halides is 3. The van der Waals surface area contributed by atoms with Gasteiger partial charge in [0, 0.05) is 11.0 Å². The molecule has 0 aliphatic carbocycles. The lowest BCUT2D eigenvalue weighted by Crippen LogP contribution is -2.41. The molecule has 0 saturated heterocycles. The van der Waals surface area contributed by atoms with E-state index in [1.807, 2.05) is 0 Å². The second kappa shape index (κ2) is 6.69. The first kappa shape index (κ1) is 16.4. The molecule has 0 fully saturated rings. The molecule has 108 valence electrons. The summed E-state index contributed by atoms with van der Waals surface area (Å²) >= 11 is 3.26. The number of benzene rings is 1. The second-order valence-electron chi connectivity index (χ2n) is 4.25. The van der Waals surface area contributed by atoms with E-state index >= 15 is 0 Å². The topological polar surface area (TPSA) is 43.7 Å². The molecule has 0 aliphatic heterocycles. The average Bonchev–Trinajstić information content (AvgIpc) is 2.28. The van der Waals surface area contributed by atoms with Gasteiger partial charge >= 0.3 is 6.18 Å². The van der Waals surface area contributed by atoms with Crippen LogP contribution in [-0.4, -0.2) is 47.6 Å². The van der Waals surface area contributed by atoms with E-state index in [2.05, 4.69) is 15.9 Å². The van der Waals surface area contributed by atoms with Gasteiger partial charge in [0.25, 0.3) is 0 Å². The Morgan fingerprint density at radius 2 is 2.00 bits per heavy atom. The van der Waals surface area contributed by atoms with Crippen molar-refractivity contribution in [1.29, 1.82) is 0 Å².